The summed E-state index contributed by atoms with van der Waals surface area (Å²) in [4.78, 5) is 8.08. The van der Waals surface area contributed by atoms with Gasteiger partial charge >= 0.3 is 0 Å². The summed E-state index contributed by atoms with van der Waals surface area (Å²) in [6.45, 7) is 1.07. The van der Waals surface area contributed by atoms with E-state index in [9.17, 15) is 0 Å². The quantitative estimate of drug-likeness (QED) is 0.507. The van der Waals surface area contributed by atoms with E-state index in [1.807, 2.05) is 30.3 Å². The molecule has 146 valence electrons. The molecule has 0 fully saturated rings. The number of nitrogens with one attached hydrogen (secondary N) is 2. The number of aromatic nitrogens is 4. The van der Waals surface area contributed by atoms with Crippen molar-refractivity contribution in [2.24, 2.45) is 5.73 Å². The molecule has 0 atom stereocenters. The maximum atomic E-state index is 8.78. The molecule has 4 N–H and O–H groups in total. The SMILES string of the molecule is C.COc1cccc(OCCCN)c1-c1cc(Nc2cnc(C#N)cn2)n[nH]1. The highest BCUT2D eigenvalue weighted by atomic mass is 16.5. The monoisotopic (exact) mass is 381 g/mol. The maximum Gasteiger partial charge on any atom is 0.158 e. The highest BCUT2D eigenvalue weighted by molar-refractivity contribution is 5.76. The van der Waals surface area contributed by atoms with Gasteiger partial charge in [0.15, 0.2) is 11.5 Å². The molecule has 0 saturated carbocycles. The molecule has 9 nitrogen and oxygen atoms in total. The number of hydrogen-bond acceptors (Lipinski definition) is 8. The number of methoxy groups -OCH3 is 1. The van der Waals surface area contributed by atoms with Gasteiger partial charge in [-0.25, -0.2) is 9.97 Å². The van der Waals surface area contributed by atoms with E-state index in [0.717, 1.165) is 17.7 Å². The van der Waals surface area contributed by atoms with Crippen LogP contribution in [0.3, 0.4) is 0 Å². The Morgan fingerprint density at radius 3 is 2.71 bits per heavy atom. The van der Waals surface area contributed by atoms with Gasteiger partial charge in [-0.1, -0.05) is 13.5 Å². The summed E-state index contributed by atoms with van der Waals surface area (Å²) < 4.78 is 11.3. The standard InChI is InChI=1S/C18H19N7O2.CH4/c1-26-14-4-2-5-15(27-7-3-6-19)18(14)13-8-16(25-24-13)23-17-11-21-12(9-20)10-22-17;/h2,4-5,8,10-11H,3,6-7,19H2,1H3,(H2,22,23,24,25);1H4. The average molecular weight is 381 g/mol. The van der Waals surface area contributed by atoms with E-state index in [0.29, 0.717) is 36.3 Å². The highest BCUT2D eigenvalue weighted by Crippen LogP contribution is 2.38. The van der Waals surface area contributed by atoms with Crippen LogP contribution in [0.1, 0.15) is 19.5 Å². The fourth-order valence-corrected chi connectivity index (χ4v) is 2.43. The second kappa shape index (κ2) is 9.89. The summed E-state index contributed by atoms with van der Waals surface area (Å²) in [5.74, 6) is 2.36. The van der Waals surface area contributed by atoms with Crippen molar-refractivity contribution in [3.8, 4) is 28.8 Å². The van der Waals surface area contributed by atoms with E-state index in [-0.39, 0.29) is 13.1 Å². The molecule has 3 rings (SSSR count). The van der Waals surface area contributed by atoms with Crippen LogP contribution in [0.2, 0.25) is 0 Å². The molecule has 0 amide bonds. The van der Waals surface area contributed by atoms with Gasteiger partial charge in [0, 0.05) is 6.07 Å². The minimum atomic E-state index is 0. The van der Waals surface area contributed by atoms with Gasteiger partial charge in [0.05, 0.1) is 37.4 Å². The third kappa shape index (κ3) is 4.75. The fourth-order valence-electron chi connectivity index (χ4n) is 2.43. The smallest absolute Gasteiger partial charge is 0.158 e. The largest absolute Gasteiger partial charge is 0.496 e. The molecule has 2 heterocycles. The molecule has 28 heavy (non-hydrogen) atoms. The Morgan fingerprint density at radius 2 is 2.04 bits per heavy atom. The number of nitriles is 1. The van der Waals surface area contributed by atoms with Crippen LogP contribution in [0.5, 0.6) is 11.5 Å². The summed E-state index contributed by atoms with van der Waals surface area (Å²) >= 11 is 0. The first kappa shape index (κ1) is 20.7. The van der Waals surface area contributed by atoms with E-state index in [4.69, 9.17) is 20.5 Å². The third-order valence-electron chi connectivity index (χ3n) is 3.68. The number of ether oxygens (including phenoxy) is 2. The predicted octanol–water partition coefficient (Wildman–Crippen LogP) is 2.85. The Bertz CT molecular complexity index is 932. The minimum absolute atomic E-state index is 0. The molecule has 0 aliphatic carbocycles. The summed E-state index contributed by atoms with van der Waals surface area (Å²) in [5.41, 5.74) is 7.27. The number of nitrogens with zero attached hydrogens (tertiary/aromatic N) is 4. The van der Waals surface area contributed by atoms with Crippen LogP contribution >= 0.6 is 0 Å². The van der Waals surface area contributed by atoms with Crippen LogP contribution in [0.15, 0.2) is 36.7 Å². The van der Waals surface area contributed by atoms with Crippen LogP contribution in [-0.2, 0) is 0 Å². The Labute approximate surface area is 163 Å². The molecule has 0 radical (unpaired) electrons. The van der Waals surface area contributed by atoms with Crippen molar-refractivity contribution in [2.45, 2.75) is 13.8 Å². The van der Waals surface area contributed by atoms with Crippen molar-refractivity contribution in [3.05, 3.63) is 42.4 Å². The zero-order valence-corrected chi connectivity index (χ0v) is 14.8. The zero-order chi connectivity index (χ0) is 19.1. The molecule has 0 bridgehead atoms. The number of benzene rings is 1. The first-order valence-electron chi connectivity index (χ1n) is 8.30. The summed E-state index contributed by atoms with van der Waals surface area (Å²) in [6, 6.07) is 9.32. The van der Waals surface area contributed by atoms with Crippen LogP contribution < -0.4 is 20.5 Å². The molecule has 0 spiro atoms. The summed E-state index contributed by atoms with van der Waals surface area (Å²) in [7, 11) is 1.60. The highest BCUT2D eigenvalue weighted by Gasteiger charge is 2.16. The lowest BCUT2D eigenvalue weighted by Crippen LogP contribution is -2.07. The number of nitrogens with two attached hydrogens (primary N) is 1. The van der Waals surface area contributed by atoms with Gasteiger partial charge in [-0.3, -0.25) is 5.10 Å². The molecular weight excluding hydrogens is 358 g/mol. The van der Waals surface area contributed by atoms with Gasteiger partial charge < -0.3 is 20.5 Å². The van der Waals surface area contributed by atoms with Crippen molar-refractivity contribution in [2.75, 3.05) is 25.6 Å². The van der Waals surface area contributed by atoms with Crippen molar-refractivity contribution in [1.82, 2.24) is 20.2 Å². The first-order chi connectivity index (χ1) is 13.2. The van der Waals surface area contributed by atoms with Crippen molar-refractivity contribution in [3.63, 3.8) is 0 Å². The van der Waals surface area contributed by atoms with Gasteiger partial charge in [0.2, 0.25) is 0 Å². The van der Waals surface area contributed by atoms with Gasteiger partial charge in [-0.05, 0) is 25.1 Å². The number of anilines is 2. The maximum absolute atomic E-state index is 8.78. The van der Waals surface area contributed by atoms with Crippen molar-refractivity contribution in [1.29, 1.82) is 5.26 Å². The van der Waals surface area contributed by atoms with Crippen LogP contribution in [0, 0.1) is 11.3 Å². The zero-order valence-electron chi connectivity index (χ0n) is 14.8. The van der Waals surface area contributed by atoms with Gasteiger partial charge in [0.1, 0.15) is 23.4 Å². The van der Waals surface area contributed by atoms with E-state index in [1.54, 1.807) is 7.11 Å². The second-order valence-corrected chi connectivity index (χ2v) is 5.51. The van der Waals surface area contributed by atoms with Gasteiger partial charge in [-0.2, -0.15) is 10.4 Å². The Morgan fingerprint density at radius 1 is 1.21 bits per heavy atom. The molecule has 9 heteroatoms. The summed E-state index contributed by atoms with van der Waals surface area (Å²) in [5, 5.41) is 19.0. The molecule has 0 saturated heterocycles. The Hall–Kier alpha value is -3.64. The number of rotatable bonds is 8. The summed E-state index contributed by atoms with van der Waals surface area (Å²) in [6.07, 6.45) is 3.61. The second-order valence-electron chi connectivity index (χ2n) is 5.51. The van der Waals surface area contributed by atoms with Crippen molar-refractivity contribution < 1.29 is 9.47 Å². The molecule has 1 aromatic carbocycles. The molecule has 3 aromatic rings. The normalized spacial score (nSPS) is 9.89. The lowest BCUT2D eigenvalue weighted by atomic mass is 10.1. The minimum Gasteiger partial charge on any atom is -0.496 e. The molecule has 0 aliphatic heterocycles. The van der Waals surface area contributed by atoms with Gasteiger partial charge in [-0.15, -0.1) is 0 Å². The van der Waals surface area contributed by atoms with E-state index >= 15 is 0 Å². The molecule has 2 aromatic heterocycles. The van der Waals surface area contributed by atoms with E-state index in [2.05, 4.69) is 25.5 Å². The van der Waals surface area contributed by atoms with Gasteiger partial charge in [0.25, 0.3) is 0 Å². The van der Waals surface area contributed by atoms with Crippen LogP contribution in [0.25, 0.3) is 11.3 Å². The predicted molar refractivity (Wildman–Crippen MR) is 107 cm³/mol. The Balaban J connectivity index is 0.00000280. The first-order valence-corrected chi connectivity index (χ1v) is 8.30. The lowest BCUT2D eigenvalue weighted by Gasteiger charge is -2.13. The molecule has 0 unspecified atom stereocenters. The third-order valence-corrected chi connectivity index (χ3v) is 3.68. The number of aromatic amines is 1. The molecular formula is C19H23N7O2. The lowest BCUT2D eigenvalue weighted by molar-refractivity contribution is 0.312. The molecule has 0 aliphatic rings. The van der Waals surface area contributed by atoms with Crippen LogP contribution in [-0.4, -0.2) is 40.4 Å². The van der Waals surface area contributed by atoms with E-state index in [1.165, 1.54) is 12.4 Å². The topological polar surface area (TPSA) is 135 Å². The number of hydrogen-bond donors (Lipinski definition) is 3. The van der Waals surface area contributed by atoms with Crippen LogP contribution in [0.4, 0.5) is 11.6 Å². The average Bonchev–Trinajstić information content (AvgIpc) is 3.16. The van der Waals surface area contributed by atoms with Crippen molar-refractivity contribution >= 4 is 11.6 Å². The number of H-pyrrole nitrogens is 1. The fraction of sp³-hybridized carbons (Fsp3) is 0.263. The van der Waals surface area contributed by atoms with E-state index < -0.39 is 0 Å². The Kier molecular flexibility index (Phi) is 7.30.